The number of rotatable bonds is 4. The highest BCUT2D eigenvalue weighted by atomic mass is 16.5. The lowest BCUT2D eigenvalue weighted by Gasteiger charge is -2.29. The number of fused-ring (bicyclic) bond motifs is 1. The number of nitrogens with zero attached hydrogens (tertiary/aromatic N) is 3. The minimum Gasteiger partial charge on any atom is -0.497 e. The monoisotopic (exact) mass is 398 g/mol. The van der Waals surface area contributed by atoms with Gasteiger partial charge in [-0.25, -0.2) is 4.98 Å². The number of pyridine rings is 1. The minimum absolute atomic E-state index is 0.124. The third kappa shape index (κ3) is 4.83. The van der Waals surface area contributed by atoms with Crippen LogP contribution in [-0.2, 0) is 11.3 Å². The van der Waals surface area contributed by atoms with Crippen LogP contribution in [0.3, 0.4) is 0 Å². The van der Waals surface area contributed by atoms with E-state index < -0.39 is 0 Å². The highest BCUT2D eigenvalue weighted by Crippen LogP contribution is 2.24. The fourth-order valence-corrected chi connectivity index (χ4v) is 3.70. The molecule has 0 unspecified atom stereocenters. The van der Waals surface area contributed by atoms with Crippen LogP contribution in [0.2, 0.25) is 0 Å². The van der Waals surface area contributed by atoms with Crippen LogP contribution < -0.4 is 10.3 Å². The van der Waals surface area contributed by atoms with Crippen molar-refractivity contribution < 1.29 is 14.6 Å². The molecule has 29 heavy (non-hydrogen) atoms. The summed E-state index contributed by atoms with van der Waals surface area (Å²) in [6.45, 7) is 2.92. The molecule has 2 aromatic heterocycles. The summed E-state index contributed by atoms with van der Waals surface area (Å²) in [4.78, 5) is 30.8. The van der Waals surface area contributed by atoms with E-state index in [9.17, 15) is 4.79 Å². The number of hydrogen-bond donors (Lipinski definition) is 2. The zero-order valence-corrected chi connectivity index (χ0v) is 16.7. The Balaban J connectivity index is 0.000000755. The van der Waals surface area contributed by atoms with E-state index in [1.165, 1.54) is 12.8 Å². The molecule has 1 saturated heterocycles. The Morgan fingerprint density at radius 1 is 1.31 bits per heavy atom. The zero-order chi connectivity index (χ0) is 20.8. The van der Waals surface area contributed by atoms with Gasteiger partial charge in [-0.15, -0.1) is 0 Å². The topological polar surface area (TPSA) is 100 Å². The van der Waals surface area contributed by atoms with E-state index in [-0.39, 0.29) is 12.0 Å². The number of piperidine rings is 1. The summed E-state index contributed by atoms with van der Waals surface area (Å²) in [6.07, 6.45) is 6.12. The number of ether oxygens (including phenoxy) is 1. The summed E-state index contributed by atoms with van der Waals surface area (Å²) in [6, 6.07) is 7.61. The Hall–Kier alpha value is -3.13. The molecule has 4 rings (SSSR count). The number of hydrogen-bond acceptors (Lipinski definition) is 5. The number of carboxylic acid groups (broad SMARTS) is 1. The SMILES string of the molecule is COc1ccc2cc(-c3nccn3CC3CCN(C)CC3)c(=O)[nH]c2c1.O=CO. The van der Waals surface area contributed by atoms with Crippen molar-refractivity contribution in [1.29, 1.82) is 0 Å². The maximum Gasteiger partial charge on any atom is 0.290 e. The van der Waals surface area contributed by atoms with Crippen LogP contribution in [0.1, 0.15) is 12.8 Å². The third-order valence-corrected chi connectivity index (χ3v) is 5.30. The average Bonchev–Trinajstić information content (AvgIpc) is 3.17. The number of imidazole rings is 1. The quantitative estimate of drug-likeness (QED) is 0.655. The fourth-order valence-electron chi connectivity index (χ4n) is 3.70. The van der Waals surface area contributed by atoms with Crippen molar-refractivity contribution in [3.05, 3.63) is 47.0 Å². The van der Waals surface area contributed by atoms with Crippen LogP contribution in [0.15, 0.2) is 41.5 Å². The molecular formula is C21H26N4O4. The summed E-state index contributed by atoms with van der Waals surface area (Å²) < 4.78 is 7.35. The molecule has 3 aromatic rings. The van der Waals surface area contributed by atoms with E-state index >= 15 is 0 Å². The van der Waals surface area contributed by atoms with Gasteiger partial charge < -0.3 is 24.3 Å². The molecule has 1 aliphatic rings. The predicted molar refractivity (Wildman–Crippen MR) is 111 cm³/mol. The van der Waals surface area contributed by atoms with E-state index in [0.717, 1.165) is 42.1 Å². The van der Waals surface area contributed by atoms with Crippen molar-refractivity contribution in [3.8, 4) is 17.1 Å². The molecule has 0 amide bonds. The molecule has 1 aliphatic heterocycles. The molecule has 0 spiro atoms. The molecule has 0 bridgehead atoms. The molecule has 0 radical (unpaired) electrons. The summed E-state index contributed by atoms with van der Waals surface area (Å²) in [7, 11) is 3.79. The van der Waals surface area contributed by atoms with Gasteiger partial charge in [-0.2, -0.15) is 0 Å². The van der Waals surface area contributed by atoms with E-state index in [1.807, 2.05) is 30.5 Å². The van der Waals surface area contributed by atoms with Crippen molar-refractivity contribution >= 4 is 17.4 Å². The second kappa shape index (κ2) is 9.38. The number of methoxy groups -OCH3 is 1. The van der Waals surface area contributed by atoms with Gasteiger partial charge in [0.2, 0.25) is 0 Å². The third-order valence-electron chi connectivity index (χ3n) is 5.30. The van der Waals surface area contributed by atoms with Crippen LogP contribution in [0.5, 0.6) is 5.75 Å². The van der Waals surface area contributed by atoms with Gasteiger partial charge in [0.15, 0.2) is 0 Å². The van der Waals surface area contributed by atoms with Gasteiger partial charge in [-0.05, 0) is 62.5 Å². The van der Waals surface area contributed by atoms with Crippen molar-refractivity contribution in [2.75, 3.05) is 27.2 Å². The Labute approximate surface area is 168 Å². The molecule has 8 nitrogen and oxygen atoms in total. The van der Waals surface area contributed by atoms with Crippen molar-refractivity contribution in [1.82, 2.24) is 19.4 Å². The van der Waals surface area contributed by atoms with Gasteiger partial charge in [-0.1, -0.05) is 0 Å². The number of likely N-dealkylation sites (tertiary alicyclic amines) is 1. The smallest absolute Gasteiger partial charge is 0.290 e. The highest BCUT2D eigenvalue weighted by Gasteiger charge is 2.19. The normalized spacial score (nSPS) is 15.0. The van der Waals surface area contributed by atoms with Crippen LogP contribution >= 0.6 is 0 Å². The van der Waals surface area contributed by atoms with Gasteiger partial charge in [0.05, 0.1) is 18.2 Å². The largest absolute Gasteiger partial charge is 0.497 e. The number of nitrogens with one attached hydrogen (secondary N) is 1. The number of H-pyrrole nitrogens is 1. The van der Waals surface area contributed by atoms with Gasteiger partial charge in [0, 0.05) is 25.0 Å². The van der Waals surface area contributed by atoms with E-state index in [2.05, 4.69) is 26.5 Å². The Morgan fingerprint density at radius 2 is 2.03 bits per heavy atom. The summed E-state index contributed by atoms with van der Waals surface area (Å²) in [5, 5.41) is 7.86. The average molecular weight is 398 g/mol. The van der Waals surface area contributed by atoms with Crippen LogP contribution in [0.25, 0.3) is 22.3 Å². The van der Waals surface area contributed by atoms with Crippen molar-refractivity contribution in [2.24, 2.45) is 5.92 Å². The standard InChI is InChI=1S/C20H24N4O2.CH2O2/c1-23-8-5-14(6-9-23)13-24-10-7-21-19(24)17-11-15-3-4-16(26-2)12-18(15)22-20(17)25;2-1-3/h3-4,7,10-12,14H,5-6,8-9,13H2,1-2H3,(H,22,25);1H,(H,2,3). The fraction of sp³-hybridized carbons (Fsp3) is 0.381. The maximum atomic E-state index is 12.7. The molecular weight excluding hydrogens is 372 g/mol. The minimum atomic E-state index is -0.250. The maximum absolute atomic E-state index is 12.7. The first kappa shape index (κ1) is 20.6. The molecule has 0 saturated carbocycles. The first-order valence-corrected chi connectivity index (χ1v) is 9.54. The molecule has 3 heterocycles. The second-order valence-electron chi connectivity index (χ2n) is 7.22. The lowest BCUT2D eigenvalue weighted by molar-refractivity contribution is -0.122. The van der Waals surface area contributed by atoms with Crippen LogP contribution in [-0.4, -0.2) is 58.3 Å². The Kier molecular flexibility index (Phi) is 6.66. The summed E-state index contributed by atoms with van der Waals surface area (Å²) in [5.41, 5.74) is 1.26. The second-order valence-corrected chi connectivity index (χ2v) is 7.22. The Bertz CT molecular complexity index is 1020. The van der Waals surface area contributed by atoms with E-state index in [0.29, 0.717) is 11.5 Å². The summed E-state index contributed by atoms with van der Waals surface area (Å²) >= 11 is 0. The lowest BCUT2D eigenvalue weighted by atomic mass is 9.97. The molecule has 154 valence electrons. The van der Waals surface area contributed by atoms with Crippen LogP contribution in [0.4, 0.5) is 0 Å². The molecule has 0 atom stereocenters. The Morgan fingerprint density at radius 3 is 2.72 bits per heavy atom. The molecule has 1 aromatic carbocycles. The molecule has 2 N–H and O–H groups in total. The number of aromatic nitrogens is 3. The van der Waals surface area contributed by atoms with Crippen molar-refractivity contribution in [3.63, 3.8) is 0 Å². The van der Waals surface area contributed by atoms with E-state index in [4.69, 9.17) is 14.6 Å². The highest BCUT2D eigenvalue weighted by molar-refractivity contribution is 5.83. The van der Waals surface area contributed by atoms with Gasteiger partial charge in [0.1, 0.15) is 11.6 Å². The zero-order valence-electron chi connectivity index (χ0n) is 16.7. The molecule has 0 aliphatic carbocycles. The van der Waals surface area contributed by atoms with E-state index in [1.54, 1.807) is 13.3 Å². The van der Waals surface area contributed by atoms with Crippen LogP contribution in [0, 0.1) is 5.92 Å². The predicted octanol–water partition coefficient (Wildman–Crippen LogP) is 2.44. The van der Waals surface area contributed by atoms with Gasteiger partial charge in [0.25, 0.3) is 12.0 Å². The number of aromatic amines is 1. The number of benzene rings is 1. The van der Waals surface area contributed by atoms with Gasteiger partial charge in [-0.3, -0.25) is 9.59 Å². The molecule has 1 fully saturated rings. The molecule has 8 heteroatoms. The lowest BCUT2D eigenvalue weighted by Crippen LogP contribution is -2.32. The first-order chi connectivity index (χ1) is 14.0. The summed E-state index contributed by atoms with van der Waals surface area (Å²) in [5.74, 6) is 2.09. The van der Waals surface area contributed by atoms with Gasteiger partial charge >= 0.3 is 0 Å². The van der Waals surface area contributed by atoms with Crippen molar-refractivity contribution in [2.45, 2.75) is 19.4 Å². The first-order valence-electron chi connectivity index (χ1n) is 9.54. The number of carbonyl (C=O) groups is 1.